The average Bonchev–Trinajstić information content (AvgIpc) is 2.76. The highest BCUT2D eigenvalue weighted by Crippen LogP contribution is 2.33. The number of hydrogen-bond donors (Lipinski definition) is 0. The normalized spacial score (nSPS) is 19.3. The highest BCUT2D eigenvalue weighted by Gasteiger charge is 2.34. The van der Waals surface area contributed by atoms with Gasteiger partial charge in [-0.25, -0.2) is 0 Å². The van der Waals surface area contributed by atoms with E-state index >= 15 is 0 Å². The zero-order valence-electron chi connectivity index (χ0n) is 21.9. The van der Waals surface area contributed by atoms with Crippen molar-refractivity contribution in [3.63, 3.8) is 0 Å². The van der Waals surface area contributed by atoms with E-state index in [4.69, 9.17) is 9.47 Å². The van der Waals surface area contributed by atoms with Crippen LogP contribution in [0, 0.1) is 11.3 Å². The van der Waals surface area contributed by atoms with Gasteiger partial charge in [0, 0.05) is 12.5 Å². The largest absolute Gasteiger partial charge is 0.353 e. The standard InChI is InChI=1S/C29H54O3/c1-5-6-7-8-9-10-11-12-13-14-15-16-17-18-19-22-27(26(25-30)29(2,3)4)32-28-23-20-21-24-31-28/h12-13,25-28H,5-11,14-24H2,1-4H3/b13-12-/t26-,27?,28?/m0/s1. The SMILES string of the molecule is CCCCCCCC/C=C\CCCCCCCC(OC1CCCCO1)[C@H](C=O)C(C)(C)C. The first kappa shape index (κ1) is 29.4. The second kappa shape index (κ2) is 18.7. The van der Waals surface area contributed by atoms with Crippen molar-refractivity contribution < 1.29 is 14.3 Å². The summed E-state index contributed by atoms with van der Waals surface area (Å²) in [4.78, 5) is 11.9. The van der Waals surface area contributed by atoms with Gasteiger partial charge in [0.2, 0.25) is 0 Å². The van der Waals surface area contributed by atoms with E-state index in [1.54, 1.807) is 0 Å². The van der Waals surface area contributed by atoms with Crippen LogP contribution in [0.1, 0.15) is 137 Å². The van der Waals surface area contributed by atoms with E-state index in [-0.39, 0.29) is 23.7 Å². The van der Waals surface area contributed by atoms with Crippen molar-refractivity contribution in [2.45, 2.75) is 149 Å². The van der Waals surface area contributed by atoms with Crippen molar-refractivity contribution >= 4 is 6.29 Å². The van der Waals surface area contributed by atoms with Crippen LogP contribution in [0.15, 0.2) is 12.2 Å². The maximum absolute atomic E-state index is 11.9. The summed E-state index contributed by atoms with van der Waals surface area (Å²) in [7, 11) is 0. The Bertz CT molecular complexity index is 460. The lowest BCUT2D eigenvalue weighted by Gasteiger charge is -2.36. The Morgan fingerprint density at radius 2 is 1.47 bits per heavy atom. The molecule has 0 saturated carbocycles. The third-order valence-electron chi connectivity index (χ3n) is 6.76. The maximum atomic E-state index is 11.9. The van der Waals surface area contributed by atoms with E-state index in [1.807, 2.05) is 0 Å². The molecule has 3 heteroatoms. The number of allylic oxidation sites excluding steroid dienone is 2. The lowest BCUT2D eigenvalue weighted by Crippen LogP contribution is -2.39. The molecule has 0 spiro atoms. The number of carbonyl (C=O) groups is 1. The van der Waals surface area contributed by atoms with Crippen LogP contribution in [0.25, 0.3) is 0 Å². The van der Waals surface area contributed by atoms with Gasteiger partial charge in [0.1, 0.15) is 6.29 Å². The highest BCUT2D eigenvalue weighted by atomic mass is 16.7. The molecule has 0 radical (unpaired) electrons. The summed E-state index contributed by atoms with van der Waals surface area (Å²) in [5, 5.41) is 0. The first-order valence-electron chi connectivity index (χ1n) is 13.9. The van der Waals surface area contributed by atoms with Crippen molar-refractivity contribution in [2.75, 3.05) is 6.61 Å². The van der Waals surface area contributed by atoms with Gasteiger partial charge < -0.3 is 14.3 Å². The number of carbonyl (C=O) groups excluding carboxylic acids is 1. The summed E-state index contributed by atoms with van der Waals surface area (Å²) in [5.74, 6) is -0.0789. The Morgan fingerprint density at radius 1 is 0.875 bits per heavy atom. The quantitative estimate of drug-likeness (QED) is 0.112. The molecule has 32 heavy (non-hydrogen) atoms. The highest BCUT2D eigenvalue weighted by molar-refractivity contribution is 5.55. The van der Waals surface area contributed by atoms with Crippen LogP contribution < -0.4 is 0 Å². The van der Waals surface area contributed by atoms with Gasteiger partial charge in [-0.3, -0.25) is 0 Å². The molecule has 0 aromatic heterocycles. The molecule has 1 fully saturated rings. The maximum Gasteiger partial charge on any atom is 0.157 e. The van der Waals surface area contributed by atoms with E-state index in [0.29, 0.717) is 0 Å². The first-order valence-corrected chi connectivity index (χ1v) is 13.9. The fourth-order valence-electron chi connectivity index (χ4n) is 4.61. The predicted molar refractivity (Wildman–Crippen MR) is 137 cm³/mol. The number of aldehydes is 1. The van der Waals surface area contributed by atoms with E-state index < -0.39 is 0 Å². The minimum atomic E-state index is -0.123. The molecular weight excluding hydrogens is 396 g/mol. The molecule has 3 atom stereocenters. The summed E-state index contributed by atoms with van der Waals surface area (Å²) >= 11 is 0. The molecule has 1 aliphatic heterocycles. The van der Waals surface area contributed by atoms with Gasteiger partial charge in [-0.2, -0.15) is 0 Å². The minimum absolute atomic E-state index is 0.0273. The van der Waals surface area contributed by atoms with Gasteiger partial charge in [0.25, 0.3) is 0 Å². The van der Waals surface area contributed by atoms with Crippen molar-refractivity contribution in [2.24, 2.45) is 11.3 Å². The lowest BCUT2D eigenvalue weighted by molar-refractivity contribution is -0.205. The molecule has 0 aliphatic carbocycles. The smallest absolute Gasteiger partial charge is 0.157 e. The Balaban J connectivity index is 2.16. The molecule has 0 aromatic carbocycles. The minimum Gasteiger partial charge on any atom is -0.353 e. The van der Waals surface area contributed by atoms with Crippen LogP contribution in [0.4, 0.5) is 0 Å². The average molecular weight is 451 g/mol. The first-order chi connectivity index (χ1) is 15.5. The van der Waals surface area contributed by atoms with Crippen LogP contribution in [0.2, 0.25) is 0 Å². The topological polar surface area (TPSA) is 35.5 Å². The van der Waals surface area contributed by atoms with E-state index in [2.05, 4.69) is 39.8 Å². The second-order valence-corrected chi connectivity index (χ2v) is 10.9. The summed E-state index contributed by atoms with van der Waals surface area (Å²) in [6.07, 6.45) is 26.9. The van der Waals surface area contributed by atoms with Crippen LogP contribution in [-0.4, -0.2) is 25.3 Å². The predicted octanol–water partition coefficient (Wildman–Crippen LogP) is 8.80. The molecule has 0 N–H and O–H groups in total. The van der Waals surface area contributed by atoms with E-state index in [1.165, 1.54) is 77.0 Å². The van der Waals surface area contributed by atoms with Crippen LogP contribution in [-0.2, 0) is 14.3 Å². The number of ether oxygens (including phenoxy) is 2. The van der Waals surface area contributed by atoms with Gasteiger partial charge in [-0.15, -0.1) is 0 Å². The number of rotatable bonds is 19. The Hall–Kier alpha value is -0.670. The van der Waals surface area contributed by atoms with Crippen LogP contribution in [0.5, 0.6) is 0 Å². The summed E-state index contributed by atoms with van der Waals surface area (Å²) in [5.41, 5.74) is -0.0804. The van der Waals surface area contributed by atoms with Crippen molar-refractivity contribution in [1.29, 1.82) is 0 Å². The van der Waals surface area contributed by atoms with Crippen molar-refractivity contribution in [3.05, 3.63) is 12.2 Å². The fourth-order valence-corrected chi connectivity index (χ4v) is 4.61. The molecule has 1 heterocycles. The molecule has 2 unspecified atom stereocenters. The molecule has 1 rings (SSSR count). The molecule has 188 valence electrons. The third kappa shape index (κ3) is 14.5. The fraction of sp³-hybridized carbons (Fsp3) is 0.897. The van der Waals surface area contributed by atoms with Gasteiger partial charge in [-0.05, 0) is 56.8 Å². The number of unbranched alkanes of at least 4 members (excludes halogenated alkanes) is 11. The summed E-state index contributed by atoms with van der Waals surface area (Å²) in [6.45, 7) is 9.49. The Labute approximate surface area is 200 Å². The zero-order chi connectivity index (χ0) is 23.5. The monoisotopic (exact) mass is 450 g/mol. The third-order valence-corrected chi connectivity index (χ3v) is 6.76. The number of hydrogen-bond acceptors (Lipinski definition) is 3. The van der Waals surface area contributed by atoms with Crippen LogP contribution >= 0.6 is 0 Å². The molecule has 3 nitrogen and oxygen atoms in total. The summed E-state index contributed by atoms with van der Waals surface area (Å²) < 4.78 is 12.1. The van der Waals surface area contributed by atoms with Crippen molar-refractivity contribution in [3.8, 4) is 0 Å². The van der Waals surface area contributed by atoms with Gasteiger partial charge >= 0.3 is 0 Å². The second-order valence-electron chi connectivity index (χ2n) is 10.9. The van der Waals surface area contributed by atoms with E-state index in [0.717, 1.165) is 45.0 Å². The van der Waals surface area contributed by atoms with Crippen LogP contribution in [0.3, 0.4) is 0 Å². The molecule has 0 amide bonds. The van der Waals surface area contributed by atoms with E-state index in [9.17, 15) is 4.79 Å². The Morgan fingerprint density at radius 3 is 2.00 bits per heavy atom. The molecule has 0 bridgehead atoms. The molecular formula is C29H54O3. The molecule has 1 saturated heterocycles. The molecule has 1 aliphatic rings. The zero-order valence-corrected chi connectivity index (χ0v) is 21.9. The lowest BCUT2D eigenvalue weighted by atomic mass is 9.77. The Kier molecular flexibility index (Phi) is 17.2. The van der Waals surface area contributed by atoms with Gasteiger partial charge in [-0.1, -0.05) is 97.6 Å². The molecule has 0 aromatic rings. The van der Waals surface area contributed by atoms with Gasteiger partial charge in [0.15, 0.2) is 6.29 Å². The van der Waals surface area contributed by atoms with Gasteiger partial charge in [0.05, 0.1) is 6.10 Å². The van der Waals surface area contributed by atoms with Crippen molar-refractivity contribution in [1.82, 2.24) is 0 Å². The summed E-state index contributed by atoms with van der Waals surface area (Å²) in [6, 6.07) is 0.